The van der Waals surface area contributed by atoms with E-state index in [9.17, 15) is 4.79 Å². The number of halogens is 1. The van der Waals surface area contributed by atoms with Crippen LogP contribution in [0.3, 0.4) is 0 Å². The van der Waals surface area contributed by atoms with Gasteiger partial charge in [0.05, 0.1) is 13.2 Å². The predicted molar refractivity (Wildman–Crippen MR) is 95.1 cm³/mol. The molecule has 1 amide bonds. The Bertz CT molecular complexity index is 524. The number of rotatable bonds is 5. The van der Waals surface area contributed by atoms with Crippen molar-refractivity contribution in [3.63, 3.8) is 0 Å². The number of hydrogen-bond donors (Lipinski definition) is 2. The van der Waals surface area contributed by atoms with Crippen molar-refractivity contribution in [1.82, 2.24) is 15.5 Å². The average molecular weight is 352 g/mol. The first-order valence-corrected chi connectivity index (χ1v) is 9.14. The van der Waals surface area contributed by atoms with Gasteiger partial charge in [-0.1, -0.05) is 23.7 Å². The molecule has 2 aliphatic heterocycles. The topological polar surface area (TPSA) is 53.6 Å². The van der Waals surface area contributed by atoms with Crippen molar-refractivity contribution in [2.75, 3.05) is 32.8 Å². The highest BCUT2D eigenvalue weighted by Gasteiger charge is 2.23. The number of ether oxygens (including phenoxy) is 1. The quantitative estimate of drug-likeness (QED) is 0.849. The fourth-order valence-corrected chi connectivity index (χ4v) is 3.47. The van der Waals surface area contributed by atoms with Crippen molar-refractivity contribution in [3.8, 4) is 0 Å². The lowest BCUT2D eigenvalue weighted by atomic mass is 10.0. The summed E-state index contributed by atoms with van der Waals surface area (Å²) in [5, 5.41) is 7.28. The molecule has 0 radical (unpaired) electrons. The normalized spacial score (nSPS) is 23.1. The van der Waals surface area contributed by atoms with Crippen LogP contribution in [-0.2, 0) is 16.1 Å². The van der Waals surface area contributed by atoms with Gasteiger partial charge in [0, 0.05) is 49.7 Å². The molecule has 5 nitrogen and oxygen atoms in total. The number of nitrogens with one attached hydrogen (secondary N) is 2. The molecule has 1 aromatic rings. The maximum Gasteiger partial charge on any atom is 0.221 e. The summed E-state index contributed by atoms with van der Waals surface area (Å²) in [7, 11) is 0. The standard InChI is InChI=1S/C18H26ClN3O2/c19-15-3-1-14(2-4-15)12-22-8-5-16(6-9-22)21-18(23)11-17-13-24-10-7-20-17/h1-4,16-17,20H,5-13H2,(H,21,23). The van der Waals surface area contributed by atoms with Crippen LogP contribution >= 0.6 is 11.6 Å². The van der Waals surface area contributed by atoms with Crippen molar-refractivity contribution in [2.24, 2.45) is 0 Å². The Hall–Kier alpha value is -1.14. The zero-order valence-electron chi connectivity index (χ0n) is 14.0. The van der Waals surface area contributed by atoms with Crippen LogP contribution in [-0.4, -0.2) is 55.7 Å². The molecule has 0 bridgehead atoms. The number of nitrogens with zero attached hydrogens (tertiary/aromatic N) is 1. The summed E-state index contributed by atoms with van der Waals surface area (Å²) in [6, 6.07) is 8.48. The molecule has 2 aliphatic rings. The zero-order valence-corrected chi connectivity index (χ0v) is 14.7. The van der Waals surface area contributed by atoms with Crippen LogP contribution in [0.5, 0.6) is 0 Å². The molecule has 2 fully saturated rings. The summed E-state index contributed by atoms with van der Waals surface area (Å²) in [5.74, 6) is 0.133. The molecule has 1 unspecified atom stereocenters. The molecule has 1 atom stereocenters. The number of morpholine rings is 1. The second kappa shape index (κ2) is 8.81. The number of benzene rings is 1. The van der Waals surface area contributed by atoms with Gasteiger partial charge in [-0.25, -0.2) is 0 Å². The van der Waals surface area contributed by atoms with Crippen molar-refractivity contribution in [3.05, 3.63) is 34.9 Å². The first-order valence-electron chi connectivity index (χ1n) is 8.76. The molecule has 132 valence electrons. The monoisotopic (exact) mass is 351 g/mol. The van der Waals surface area contributed by atoms with Gasteiger partial charge in [0.2, 0.25) is 5.91 Å². The van der Waals surface area contributed by atoms with E-state index in [4.69, 9.17) is 16.3 Å². The fraction of sp³-hybridized carbons (Fsp3) is 0.611. The largest absolute Gasteiger partial charge is 0.378 e. The Morgan fingerprint density at radius 3 is 2.71 bits per heavy atom. The van der Waals surface area contributed by atoms with Gasteiger partial charge >= 0.3 is 0 Å². The SMILES string of the molecule is O=C(CC1COCCN1)NC1CCN(Cc2ccc(Cl)cc2)CC1. The molecule has 6 heteroatoms. The van der Waals surface area contributed by atoms with E-state index in [0.29, 0.717) is 19.1 Å². The van der Waals surface area contributed by atoms with Crippen LogP contribution in [0.15, 0.2) is 24.3 Å². The molecular formula is C18H26ClN3O2. The second-order valence-corrected chi connectivity index (χ2v) is 7.11. The van der Waals surface area contributed by atoms with Crippen LogP contribution in [0.1, 0.15) is 24.8 Å². The number of carbonyl (C=O) groups is 1. The van der Waals surface area contributed by atoms with Gasteiger partial charge in [0.1, 0.15) is 0 Å². The number of likely N-dealkylation sites (tertiary alicyclic amines) is 1. The smallest absolute Gasteiger partial charge is 0.221 e. The van der Waals surface area contributed by atoms with Crippen LogP contribution in [0.25, 0.3) is 0 Å². The number of amides is 1. The first-order chi connectivity index (χ1) is 11.7. The highest BCUT2D eigenvalue weighted by Crippen LogP contribution is 2.16. The number of hydrogen-bond acceptors (Lipinski definition) is 4. The molecular weight excluding hydrogens is 326 g/mol. The second-order valence-electron chi connectivity index (χ2n) is 6.67. The maximum absolute atomic E-state index is 12.2. The van der Waals surface area contributed by atoms with E-state index in [2.05, 4.69) is 27.7 Å². The van der Waals surface area contributed by atoms with E-state index in [-0.39, 0.29) is 11.9 Å². The first kappa shape index (κ1) is 17.7. The van der Waals surface area contributed by atoms with Gasteiger partial charge in [-0.3, -0.25) is 9.69 Å². The lowest BCUT2D eigenvalue weighted by Gasteiger charge is -2.33. The number of piperidine rings is 1. The van der Waals surface area contributed by atoms with Gasteiger partial charge in [0.15, 0.2) is 0 Å². The summed E-state index contributed by atoms with van der Waals surface area (Å²) in [4.78, 5) is 14.6. The molecule has 2 saturated heterocycles. The minimum atomic E-state index is 0.133. The van der Waals surface area contributed by atoms with Crippen LogP contribution in [0.2, 0.25) is 5.02 Å². The lowest BCUT2D eigenvalue weighted by molar-refractivity contribution is -0.123. The van der Waals surface area contributed by atoms with E-state index >= 15 is 0 Å². The molecule has 2 heterocycles. The van der Waals surface area contributed by atoms with E-state index in [1.165, 1.54) is 5.56 Å². The van der Waals surface area contributed by atoms with Crippen LogP contribution in [0.4, 0.5) is 0 Å². The summed E-state index contributed by atoms with van der Waals surface area (Å²) in [6.07, 6.45) is 2.52. The van der Waals surface area contributed by atoms with Gasteiger partial charge < -0.3 is 15.4 Å². The minimum Gasteiger partial charge on any atom is -0.378 e. The predicted octanol–water partition coefficient (Wildman–Crippen LogP) is 1.80. The summed E-state index contributed by atoms with van der Waals surface area (Å²) in [6.45, 7) is 5.18. The van der Waals surface area contributed by atoms with Crippen LogP contribution < -0.4 is 10.6 Å². The lowest BCUT2D eigenvalue weighted by Crippen LogP contribution is -2.48. The molecule has 0 aliphatic carbocycles. The molecule has 24 heavy (non-hydrogen) atoms. The molecule has 0 spiro atoms. The minimum absolute atomic E-state index is 0.133. The summed E-state index contributed by atoms with van der Waals surface area (Å²) < 4.78 is 5.39. The van der Waals surface area contributed by atoms with Gasteiger partial charge in [-0.2, -0.15) is 0 Å². The third kappa shape index (κ3) is 5.45. The zero-order chi connectivity index (χ0) is 16.8. The molecule has 2 N–H and O–H groups in total. The van der Waals surface area contributed by atoms with Crippen molar-refractivity contribution < 1.29 is 9.53 Å². The molecule has 0 saturated carbocycles. The molecule has 1 aromatic carbocycles. The van der Waals surface area contributed by atoms with E-state index in [1.807, 2.05) is 12.1 Å². The van der Waals surface area contributed by atoms with E-state index < -0.39 is 0 Å². The van der Waals surface area contributed by atoms with Crippen molar-refractivity contribution in [1.29, 1.82) is 0 Å². The Morgan fingerprint density at radius 2 is 2.04 bits per heavy atom. The number of carbonyl (C=O) groups excluding carboxylic acids is 1. The average Bonchev–Trinajstić information content (AvgIpc) is 2.59. The van der Waals surface area contributed by atoms with E-state index in [0.717, 1.165) is 50.7 Å². The molecule has 3 rings (SSSR count). The third-order valence-electron chi connectivity index (χ3n) is 4.70. The van der Waals surface area contributed by atoms with Gasteiger partial charge in [-0.15, -0.1) is 0 Å². The summed E-state index contributed by atoms with van der Waals surface area (Å²) in [5.41, 5.74) is 1.28. The Morgan fingerprint density at radius 1 is 1.29 bits per heavy atom. The third-order valence-corrected chi connectivity index (χ3v) is 4.95. The Balaban J connectivity index is 1.37. The van der Waals surface area contributed by atoms with Gasteiger partial charge in [-0.05, 0) is 30.5 Å². The highest BCUT2D eigenvalue weighted by molar-refractivity contribution is 6.30. The summed E-state index contributed by atoms with van der Waals surface area (Å²) >= 11 is 5.93. The van der Waals surface area contributed by atoms with Gasteiger partial charge in [0.25, 0.3) is 0 Å². The van der Waals surface area contributed by atoms with Crippen molar-refractivity contribution >= 4 is 17.5 Å². The maximum atomic E-state index is 12.2. The van der Waals surface area contributed by atoms with Crippen molar-refractivity contribution in [2.45, 2.75) is 37.9 Å². The highest BCUT2D eigenvalue weighted by atomic mass is 35.5. The van der Waals surface area contributed by atoms with E-state index in [1.54, 1.807) is 0 Å². The Kier molecular flexibility index (Phi) is 6.49. The Labute approximate surface area is 148 Å². The van der Waals surface area contributed by atoms with Crippen LogP contribution in [0, 0.1) is 0 Å². The molecule has 0 aromatic heterocycles. The fourth-order valence-electron chi connectivity index (χ4n) is 3.34.